The van der Waals surface area contributed by atoms with E-state index in [1.165, 1.54) is 38.5 Å². The number of benzene rings is 2. The Labute approximate surface area is 198 Å². The third kappa shape index (κ3) is 6.73. The highest BCUT2D eigenvalue weighted by Gasteiger charge is 2.35. The molecule has 166 valence electrons. The number of ether oxygens (including phenoxy) is 2. The molecule has 0 heterocycles. The van der Waals surface area contributed by atoms with Crippen LogP contribution in [0.3, 0.4) is 0 Å². The summed E-state index contributed by atoms with van der Waals surface area (Å²) in [6.45, 7) is 0. The van der Waals surface area contributed by atoms with Crippen LogP contribution in [0.15, 0.2) is 42.5 Å². The normalized spacial score (nSPS) is 11.8. The Hall–Kier alpha value is -2.53. The number of amides is 1. The van der Waals surface area contributed by atoms with Gasteiger partial charge in [-0.3, -0.25) is 14.9 Å². The molecule has 0 spiro atoms. The predicted octanol–water partition coefficient (Wildman–Crippen LogP) is 4.02. The maximum Gasteiger partial charge on any atom is 0.271 e. The molecule has 2 aromatic rings. The first-order chi connectivity index (χ1) is 14.6. The van der Waals surface area contributed by atoms with E-state index >= 15 is 0 Å². The summed E-state index contributed by atoms with van der Waals surface area (Å²) in [5.41, 5.74) is 0.229. The van der Waals surface area contributed by atoms with E-state index in [-0.39, 0.29) is 22.1 Å². The first-order valence-electron chi connectivity index (χ1n) is 8.47. The first-order valence-corrected chi connectivity index (χ1v) is 10.0. The summed E-state index contributed by atoms with van der Waals surface area (Å²) in [5.74, 6) is 0.0281. The lowest BCUT2D eigenvalue weighted by atomic mass is 10.2. The standard InChI is InChI=1S/C18H17Cl3N4O5S/c1-29-13-6-4-3-5-11(13)15(26)23-16(18(19,20)21)24-17(31)22-12-9-10(25(27)28)7-8-14(12)30-2/h3-9,16H,1-2H3,(H,23,26)(H2,22,24,31)/t16-/m1/s1. The highest BCUT2D eigenvalue weighted by Crippen LogP contribution is 2.31. The fourth-order valence-corrected chi connectivity index (χ4v) is 2.99. The minimum atomic E-state index is -2.00. The number of hydrogen-bond donors (Lipinski definition) is 3. The number of carbonyl (C=O) groups excluding carboxylic acids is 1. The van der Waals surface area contributed by atoms with E-state index in [0.717, 1.165) is 0 Å². The van der Waals surface area contributed by atoms with E-state index in [1.54, 1.807) is 18.2 Å². The molecule has 2 rings (SSSR count). The molecule has 0 saturated carbocycles. The SMILES string of the molecule is COc1ccc([N+](=O)[O-])cc1NC(=S)N[C@@H](NC(=O)c1ccccc1OC)C(Cl)(Cl)Cl. The number of para-hydroxylation sites is 1. The third-order valence-electron chi connectivity index (χ3n) is 3.87. The van der Waals surface area contributed by atoms with Crippen LogP contribution in [-0.4, -0.2) is 40.1 Å². The summed E-state index contributed by atoms with van der Waals surface area (Å²) in [5, 5.41) is 18.9. The zero-order valence-corrected chi connectivity index (χ0v) is 19.2. The average molecular weight is 508 g/mol. The average Bonchev–Trinajstić information content (AvgIpc) is 2.72. The summed E-state index contributed by atoms with van der Waals surface area (Å²) in [7, 11) is 2.81. The highest BCUT2D eigenvalue weighted by molar-refractivity contribution is 7.80. The van der Waals surface area contributed by atoms with Crippen molar-refractivity contribution in [3.8, 4) is 11.5 Å². The molecule has 1 amide bonds. The van der Waals surface area contributed by atoms with E-state index in [2.05, 4.69) is 16.0 Å². The van der Waals surface area contributed by atoms with Crippen molar-refractivity contribution in [1.82, 2.24) is 10.6 Å². The Balaban J connectivity index is 2.20. The summed E-state index contributed by atoms with van der Waals surface area (Å²) in [6.07, 6.45) is -1.26. The van der Waals surface area contributed by atoms with Gasteiger partial charge in [0.2, 0.25) is 3.79 Å². The largest absolute Gasteiger partial charge is 0.496 e. The molecule has 3 N–H and O–H groups in total. The number of rotatable bonds is 7. The number of nitro groups is 1. The van der Waals surface area contributed by atoms with Gasteiger partial charge in [-0.25, -0.2) is 0 Å². The van der Waals surface area contributed by atoms with Crippen molar-refractivity contribution in [2.45, 2.75) is 9.96 Å². The second-order valence-corrected chi connectivity index (χ2v) is 8.67. The molecule has 0 aromatic heterocycles. The van der Waals surface area contributed by atoms with Crippen molar-refractivity contribution >= 4 is 69.4 Å². The van der Waals surface area contributed by atoms with Crippen molar-refractivity contribution in [3.05, 3.63) is 58.1 Å². The van der Waals surface area contributed by atoms with E-state index < -0.39 is 20.8 Å². The molecular formula is C18H17Cl3N4O5S. The molecule has 2 aromatic carbocycles. The Morgan fingerprint density at radius 2 is 1.74 bits per heavy atom. The zero-order chi connectivity index (χ0) is 23.2. The maximum atomic E-state index is 12.7. The van der Waals surface area contributed by atoms with Gasteiger partial charge >= 0.3 is 0 Å². The van der Waals surface area contributed by atoms with Crippen LogP contribution in [0.1, 0.15) is 10.4 Å². The van der Waals surface area contributed by atoms with Crippen LogP contribution in [0.2, 0.25) is 0 Å². The number of nitrogens with zero attached hydrogens (tertiary/aromatic N) is 1. The van der Waals surface area contributed by atoms with Crippen molar-refractivity contribution in [3.63, 3.8) is 0 Å². The van der Waals surface area contributed by atoms with Gasteiger partial charge in [0.1, 0.15) is 17.7 Å². The smallest absolute Gasteiger partial charge is 0.271 e. The van der Waals surface area contributed by atoms with E-state index in [4.69, 9.17) is 56.5 Å². The Morgan fingerprint density at radius 1 is 1.10 bits per heavy atom. The first kappa shape index (κ1) is 24.7. The lowest BCUT2D eigenvalue weighted by Gasteiger charge is -2.28. The molecule has 9 nitrogen and oxygen atoms in total. The van der Waals surface area contributed by atoms with Gasteiger partial charge in [-0.1, -0.05) is 46.9 Å². The fraction of sp³-hybridized carbons (Fsp3) is 0.222. The minimum absolute atomic E-state index is 0.0875. The number of anilines is 1. The minimum Gasteiger partial charge on any atom is -0.496 e. The van der Waals surface area contributed by atoms with Crippen LogP contribution < -0.4 is 25.4 Å². The second-order valence-electron chi connectivity index (χ2n) is 5.89. The zero-order valence-electron chi connectivity index (χ0n) is 16.1. The number of non-ortho nitro benzene ring substituents is 1. The molecule has 0 unspecified atom stereocenters. The van der Waals surface area contributed by atoms with Crippen molar-refractivity contribution in [2.24, 2.45) is 0 Å². The van der Waals surface area contributed by atoms with Crippen LogP contribution in [-0.2, 0) is 0 Å². The van der Waals surface area contributed by atoms with Crippen LogP contribution >= 0.6 is 47.0 Å². The molecule has 1 atom stereocenters. The molecule has 0 aliphatic rings. The molecular weight excluding hydrogens is 491 g/mol. The summed E-state index contributed by atoms with van der Waals surface area (Å²) in [6, 6.07) is 10.4. The third-order valence-corrected chi connectivity index (χ3v) is 4.75. The predicted molar refractivity (Wildman–Crippen MR) is 124 cm³/mol. The Morgan fingerprint density at radius 3 is 2.32 bits per heavy atom. The van der Waals surface area contributed by atoms with E-state index in [1.807, 2.05) is 0 Å². The van der Waals surface area contributed by atoms with E-state index in [0.29, 0.717) is 11.5 Å². The quantitative estimate of drug-likeness (QED) is 0.169. The molecule has 0 bridgehead atoms. The molecule has 0 aliphatic carbocycles. The van der Waals surface area contributed by atoms with Crippen molar-refractivity contribution in [1.29, 1.82) is 0 Å². The monoisotopic (exact) mass is 506 g/mol. The van der Waals surface area contributed by atoms with Gasteiger partial charge in [-0.05, 0) is 30.4 Å². The van der Waals surface area contributed by atoms with Crippen LogP contribution in [0.4, 0.5) is 11.4 Å². The summed E-state index contributed by atoms with van der Waals surface area (Å²) >= 11 is 23.2. The lowest BCUT2D eigenvalue weighted by molar-refractivity contribution is -0.384. The van der Waals surface area contributed by atoms with Crippen LogP contribution in [0, 0.1) is 10.1 Å². The summed E-state index contributed by atoms with van der Waals surface area (Å²) < 4.78 is 8.33. The molecule has 31 heavy (non-hydrogen) atoms. The number of nitrogens with one attached hydrogen (secondary N) is 3. The van der Waals surface area contributed by atoms with Crippen LogP contribution in [0.25, 0.3) is 0 Å². The number of alkyl halides is 3. The number of carbonyl (C=O) groups is 1. The van der Waals surface area contributed by atoms with Gasteiger partial charge in [-0.2, -0.15) is 0 Å². The molecule has 13 heteroatoms. The van der Waals surface area contributed by atoms with Gasteiger partial charge in [0.25, 0.3) is 11.6 Å². The molecule has 0 fully saturated rings. The van der Waals surface area contributed by atoms with E-state index in [9.17, 15) is 14.9 Å². The molecule has 0 radical (unpaired) electrons. The Kier molecular flexibility index (Phi) is 8.52. The van der Waals surface area contributed by atoms with Gasteiger partial charge in [0, 0.05) is 12.1 Å². The van der Waals surface area contributed by atoms with Gasteiger partial charge < -0.3 is 25.4 Å². The van der Waals surface area contributed by atoms with Gasteiger partial charge in [-0.15, -0.1) is 0 Å². The Bertz CT molecular complexity index is 987. The topological polar surface area (TPSA) is 115 Å². The van der Waals surface area contributed by atoms with Crippen molar-refractivity contribution < 1.29 is 19.2 Å². The molecule has 0 aliphatic heterocycles. The summed E-state index contributed by atoms with van der Waals surface area (Å²) in [4.78, 5) is 23.1. The second kappa shape index (κ2) is 10.7. The van der Waals surface area contributed by atoms with Gasteiger partial charge in [0.05, 0.1) is 30.4 Å². The maximum absolute atomic E-state index is 12.7. The van der Waals surface area contributed by atoms with Crippen molar-refractivity contribution in [2.75, 3.05) is 19.5 Å². The van der Waals surface area contributed by atoms with Gasteiger partial charge in [0.15, 0.2) is 5.11 Å². The number of hydrogen-bond acceptors (Lipinski definition) is 6. The lowest BCUT2D eigenvalue weighted by Crippen LogP contribution is -2.56. The number of nitro benzene ring substituents is 1. The van der Waals surface area contributed by atoms with Crippen LogP contribution in [0.5, 0.6) is 11.5 Å². The number of methoxy groups -OCH3 is 2. The number of thiocarbonyl (C=S) groups is 1. The number of halogens is 3. The highest BCUT2D eigenvalue weighted by atomic mass is 35.6. The molecule has 0 saturated heterocycles. The fourth-order valence-electron chi connectivity index (χ4n) is 2.44.